The van der Waals surface area contributed by atoms with Gasteiger partial charge in [-0.05, 0) is 25.0 Å². The Labute approximate surface area is 108 Å². The highest BCUT2D eigenvalue weighted by molar-refractivity contribution is 5.97. The van der Waals surface area contributed by atoms with Gasteiger partial charge in [0.15, 0.2) is 0 Å². The molecule has 0 aliphatic carbocycles. The molecule has 4 nitrogen and oxygen atoms in total. The zero-order chi connectivity index (χ0) is 12.8. The van der Waals surface area contributed by atoms with Gasteiger partial charge in [-0.15, -0.1) is 0 Å². The van der Waals surface area contributed by atoms with Crippen LogP contribution in [0.1, 0.15) is 19.3 Å². The van der Waals surface area contributed by atoms with Crippen molar-refractivity contribution in [1.82, 2.24) is 0 Å². The van der Waals surface area contributed by atoms with Gasteiger partial charge in [0, 0.05) is 33.2 Å². The Morgan fingerprint density at radius 3 is 3.06 bits per heavy atom. The first-order chi connectivity index (χ1) is 8.83. The van der Waals surface area contributed by atoms with Crippen LogP contribution in [0.25, 0.3) is 0 Å². The van der Waals surface area contributed by atoms with Gasteiger partial charge in [-0.25, -0.2) is 0 Å². The number of para-hydroxylation sites is 2. The van der Waals surface area contributed by atoms with Gasteiger partial charge < -0.3 is 15.0 Å². The Kier molecular flexibility index (Phi) is 4.59. The van der Waals surface area contributed by atoms with E-state index < -0.39 is 0 Å². The first-order valence-electron chi connectivity index (χ1n) is 6.45. The molecule has 0 saturated heterocycles. The molecule has 4 heteroatoms. The Morgan fingerprint density at radius 1 is 1.39 bits per heavy atom. The van der Waals surface area contributed by atoms with Gasteiger partial charge in [0.2, 0.25) is 5.91 Å². The molecule has 0 unspecified atom stereocenters. The van der Waals surface area contributed by atoms with Crippen molar-refractivity contribution < 1.29 is 9.53 Å². The fourth-order valence-corrected chi connectivity index (χ4v) is 2.20. The van der Waals surface area contributed by atoms with Crippen LogP contribution in [0.15, 0.2) is 24.3 Å². The lowest BCUT2D eigenvalue weighted by Gasteiger charge is -2.27. The summed E-state index contributed by atoms with van der Waals surface area (Å²) in [6, 6.07) is 7.99. The van der Waals surface area contributed by atoms with Crippen molar-refractivity contribution in [2.24, 2.45) is 0 Å². The van der Waals surface area contributed by atoms with E-state index in [2.05, 4.69) is 5.32 Å². The van der Waals surface area contributed by atoms with Gasteiger partial charge in [0.1, 0.15) is 0 Å². The summed E-state index contributed by atoms with van der Waals surface area (Å²) in [5.74, 6) is 0.208. The minimum Gasteiger partial charge on any atom is -0.385 e. The van der Waals surface area contributed by atoms with Gasteiger partial charge >= 0.3 is 0 Å². The Morgan fingerprint density at radius 2 is 2.22 bits per heavy atom. The normalized spacial score (nSPS) is 15.6. The number of fused-ring (bicyclic) bond motifs is 1. The van der Waals surface area contributed by atoms with E-state index in [4.69, 9.17) is 4.74 Å². The molecule has 2 rings (SSSR count). The smallest absolute Gasteiger partial charge is 0.227 e. The lowest BCUT2D eigenvalue weighted by molar-refractivity contribution is -0.118. The van der Waals surface area contributed by atoms with Crippen LogP contribution in [0.2, 0.25) is 0 Å². The molecule has 0 radical (unpaired) electrons. The van der Waals surface area contributed by atoms with Gasteiger partial charge in [-0.3, -0.25) is 4.79 Å². The molecule has 0 aromatic heterocycles. The highest BCUT2D eigenvalue weighted by atomic mass is 16.5. The third-order valence-corrected chi connectivity index (χ3v) is 3.11. The van der Waals surface area contributed by atoms with Gasteiger partial charge in [0.05, 0.1) is 11.4 Å². The zero-order valence-electron chi connectivity index (χ0n) is 10.8. The number of ether oxygens (including phenoxy) is 1. The predicted molar refractivity (Wildman–Crippen MR) is 73.0 cm³/mol. The molecule has 1 amide bonds. The number of carbonyl (C=O) groups excluding carboxylic acids is 1. The monoisotopic (exact) mass is 248 g/mol. The number of hydrogen-bond acceptors (Lipinski definition) is 3. The number of benzene rings is 1. The number of amides is 1. The summed E-state index contributed by atoms with van der Waals surface area (Å²) < 4.78 is 5.06. The van der Waals surface area contributed by atoms with E-state index in [0.717, 1.165) is 30.8 Å². The molecule has 1 aromatic rings. The van der Waals surface area contributed by atoms with E-state index in [9.17, 15) is 4.79 Å². The fraction of sp³-hybridized carbons (Fsp3) is 0.500. The van der Waals surface area contributed by atoms with Crippen LogP contribution in [0.5, 0.6) is 0 Å². The van der Waals surface area contributed by atoms with Crippen LogP contribution in [0.3, 0.4) is 0 Å². The minimum atomic E-state index is 0.208. The van der Waals surface area contributed by atoms with E-state index in [-0.39, 0.29) is 5.91 Å². The number of hydrogen-bond donors (Lipinski definition) is 1. The van der Waals surface area contributed by atoms with Crippen LogP contribution in [-0.4, -0.2) is 32.7 Å². The first-order valence-corrected chi connectivity index (χ1v) is 6.45. The highest BCUT2D eigenvalue weighted by Gasteiger charge is 2.19. The van der Waals surface area contributed by atoms with Crippen LogP contribution in [0.4, 0.5) is 11.4 Å². The average Bonchev–Trinajstić information content (AvgIpc) is 2.38. The van der Waals surface area contributed by atoms with Crippen molar-refractivity contribution in [2.45, 2.75) is 19.3 Å². The molecule has 98 valence electrons. The molecule has 1 N–H and O–H groups in total. The van der Waals surface area contributed by atoms with Crippen LogP contribution < -0.4 is 10.2 Å². The third-order valence-electron chi connectivity index (χ3n) is 3.11. The molecule has 0 saturated carbocycles. The summed E-state index contributed by atoms with van der Waals surface area (Å²) >= 11 is 0. The Hall–Kier alpha value is -1.55. The van der Waals surface area contributed by atoms with Crippen molar-refractivity contribution in [3.05, 3.63) is 24.3 Å². The zero-order valence-corrected chi connectivity index (χ0v) is 10.8. The summed E-state index contributed by atoms with van der Waals surface area (Å²) in [6.45, 7) is 2.25. The second-order valence-electron chi connectivity index (χ2n) is 4.44. The van der Waals surface area contributed by atoms with Crippen LogP contribution in [0, 0.1) is 0 Å². The van der Waals surface area contributed by atoms with Crippen molar-refractivity contribution in [3.8, 4) is 0 Å². The summed E-state index contributed by atoms with van der Waals surface area (Å²) in [5, 5.41) is 3.38. The van der Waals surface area contributed by atoms with E-state index in [1.165, 1.54) is 0 Å². The quantitative estimate of drug-likeness (QED) is 0.831. The predicted octanol–water partition coefficient (Wildman–Crippen LogP) is 2.26. The third kappa shape index (κ3) is 3.01. The standard InChI is InChI=1S/C14H20N2O2/c1-18-11-5-10-16-13-7-3-2-6-12(13)15-9-4-8-14(16)17/h2-3,6-7,15H,4-5,8-11H2,1H3. The average molecular weight is 248 g/mol. The maximum absolute atomic E-state index is 12.2. The molecule has 0 bridgehead atoms. The lowest BCUT2D eigenvalue weighted by atomic mass is 10.1. The van der Waals surface area contributed by atoms with Crippen molar-refractivity contribution in [2.75, 3.05) is 37.0 Å². The molecule has 0 fully saturated rings. The SMILES string of the molecule is COCCCN1C(=O)CCCNc2ccccc21. The number of rotatable bonds is 4. The van der Waals surface area contributed by atoms with Gasteiger partial charge in [-0.2, -0.15) is 0 Å². The van der Waals surface area contributed by atoms with E-state index in [1.54, 1.807) is 7.11 Å². The number of methoxy groups -OCH3 is 1. The van der Waals surface area contributed by atoms with E-state index >= 15 is 0 Å². The summed E-state index contributed by atoms with van der Waals surface area (Å²) in [4.78, 5) is 14.1. The van der Waals surface area contributed by atoms with E-state index in [1.807, 2.05) is 29.2 Å². The van der Waals surface area contributed by atoms with Gasteiger partial charge in [-0.1, -0.05) is 12.1 Å². The molecule has 1 aliphatic rings. The minimum absolute atomic E-state index is 0.208. The van der Waals surface area contributed by atoms with Crippen molar-refractivity contribution in [3.63, 3.8) is 0 Å². The second kappa shape index (κ2) is 6.40. The maximum Gasteiger partial charge on any atom is 0.227 e. The van der Waals surface area contributed by atoms with Crippen molar-refractivity contribution >= 4 is 17.3 Å². The molecule has 1 heterocycles. The number of nitrogens with zero attached hydrogens (tertiary/aromatic N) is 1. The number of carbonyl (C=O) groups is 1. The molecule has 0 spiro atoms. The van der Waals surface area contributed by atoms with Crippen LogP contribution >= 0.6 is 0 Å². The number of anilines is 2. The van der Waals surface area contributed by atoms with Crippen molar-refractivity contribution in [1.29, 1.82) is 0 Å². The molecular formula is C14H20N2O2. The molecule has 1 aliphatic heterocycles. The Balaban J connectivity index is 2.20. The van der Waals surface area contributed by atoms with Crippen LogP contribution in [-0.2, 0) is 9.53 Å². The second-order valence-corrected chi connectivity index (χ2v) is 4.44. The summed E-state index contributed by atoms with van der Waals surface area (Å²) in [7, 11) is 1.69. The molecule has 1 aromatic carbocycles. The topological polar surface area (TPSA) is 41.6 Å². The molecule has 0 atom stereocenters. The molecule has 18 heavy (non-hydrogen) atoms. The van der Waals surface area contributed by atoms with Gasteiger partial charge in [0.25, 0.3) is 0 Å². The number of nitrogens with one attached hydrogen (secondary N) is 1. The first kappa shape index (κ1) is 12.9. The summed E-state index contributed by atoms with van der Waals surface area (Å²) in [5.41, 5.74) is 2.03. The largest absolute Gasteiger partial charge is 0.385 e. The fourth-order valence-electron chi connectivity index (χ4n) is 2.20. The maximum atomic E-state index is 12.2. The summed E-state index contributed by atoms with van der Waals surface area (Å²) in [6.07, 6.45) is 2.35. The Bertz CT molecular complexity index is 407. The highest BCUT2D eigenvalue weighted by Crippen LogP contribution is 2.28. The van der Waals surface area contributed by atoms with E-state index in [0.29, 0.717) is 19.6 Å². The lowest BCUT2D eigenvalue weighted by Crippen LogP contribution is -2.34. The molecular weight excluding hydrogens is 228 g/mol.